The Morgan fingerprint density at radius 3 is 2.67 bits per heavy atom. The molecule has 1 heterocycles. The average molecular weight is 294 g/mol. The van der Waals surface area contributed by atoms with E-state index in [1.54, 1.807) is 0 Å². The number of nitrogen functional groups attached to an aromatic ring is 1. The van der Waals surface area contributed by atoms with Crippen LogP contribution in [0.15, 0.2) is 18.2 Å². The van der Waals surface area contributed by atoms with Crippen LogP contribution >= 0.6 is 0 Å². The van der Waals surface area contributed by atoms with Crippen LogP contribution < -0.4 is 16.4 Å². The van der Waals surface area contributed by atoms with Crippen molar-refractivity contribution in [2.24, 2.45) is 0 Å². The predicted octanol–water partition coefficient (Wildman–Crippen LogP) is 0.677. The molecule has 0 radical (unpaired) electrons. The summed E-state index contributed by atoms with van der Waals surface area (Å²) in [6, 6.07) is 3.06. The summed E-state index contributed by atoms with van der Waals surface area (Å²) in [6.07, 6.45) is 0. The van der Waals surface area contributed by atoms with E-state index in [4.69, 9.17) is 5.73 Å². The number of halogens is 1. The summed E-state index contributed by atoms with van der Waals surface area (Å²) >= 11 is 0. The van der Waals surface area contributed by atoms with Crippen molar-refractivity contribution in [1.29, 1.82) is 0 Å². The lowest BCUT2D eigenvalue weighted by molar-refractivity contribution is -0.132. The number of urea groups is 1. The highest BCUT2D eigenvalue weighted by atomic mass is 19.1. The van der Waals surface area contributed by atoms with Gasteiger partial charge in [-0.15, -0.1) is 0 Å². The van der Waals surface area contributed by atoms with Gasteiger partial charge >= 0.3 is 6.03 Å². The molecule has 21 heavy (non-hydrogen) atoms. The molecule has 1 aromatic rings. The molecule has 1 saturated heterocycles. The molecule has 0 unspecified atom stereocenters. The van der Waals surface area contributed by atoms with Crippen LogP contribution in [0.4, 0.5) is 20.6 Å². The van der Waals surface area contributed by atoms with Gasteiger partial charge in [0.15, 0.2) is 0 Å². The maximum atomic E-state index is 13.5. The molecule has 2 rings (SSSR count). The number of carbonyl (C=O) groups excluding carboxylic acids is 3. The number of anilines is 2. The molecule has 1 aliphatic heterocycles. The van der Waals surface area contributed by atoms with E-state index in [0.717, 1.165) is 11.0 Å². The fourth-order valence-corrected chi connectivity index (χ4v) is 1.93. The highest BCUT2D eigenvalue weighted by molar-refractivity contribution is 6.09. The lowest BCUT2D eigenvalue weighted by atomic mass is 10.1. The van der Waals surface area contributed by atoms with Crippen molar-refractivity contribution in [1.82, 2.24) is 10.2 Å². The Kier molecular flexibility index (Phi) is 3.54. The van der Waals surface area contributed by atoms with Crippen LogP contribution in [0.1, 0.15) is 13.8 Å². The van der Waals surface area contributed by atoms with Crippen molar-refractivity contribution in [2.45, 2.75) is 19.4 Å². The monoisotopic (exact) mass is 294 g/mol. The van der Waals surface area contributed by atoms with Crippen molar-refractivity contribution < 1.29 is 18.8 Å². The molecule has 0 spiro atoms. The standard InChI is InChI=1S/C13H15FN4O3/c1-13(2)11(20)18(12(21)17-13)6-10(19)16-9-5-7(15)3-4-8(9)14/h3-5H,6,15H2,1-2H3,(H,16,19)(H,17,21). The van der Waals surface area contributed by atoms with Crippen molar-refractivity contribution in [2.75, 3.05) is 17.6 Å². The number of imide groups is 1. The van der Waals surface area contributed by atoms with Gasteiger partial charge in [0.1, 0.15) is 17.9 Å². The fraction of sp³-hybridized carbons (Fsp3) is 0.308. The molecule has 0 aliphatic carbocycles. The van der Waals surface area contributed by atoms with Crippen molar-refractivity contribution >= 4 is 29.2 Å². The van der Waals surface area contributed by atoms with Gasteiger partial charge in [-0.05, 0) is 32.0 Å². The quantitative estimate of drug-likeness (QED) is 0.563. The molecule has 4 amide bonds. The highest BCUT2D eigenvalue weighted by Crippen LogP contribution is 2.19. The fourth-order valence-electron chi connectivity index (χ4n) is 1.93. The van der Waals surface area contributed by atoms with Crippen LogP contribution in [0.5, 0.6) is 0 Å². The zero-order valence-electron chi connectivity index (χ0n) is 11.6. The second-order valence-electron chi connectivity index (χ2n) is 5.23. The molecule has 0 atom stereocenters. The normalized spacial score (nSPS) is 16.8. The van der Waals surface area contributed by atoms with Crippen LogP contribution in [0, 0.1) is 5.82 Å². The molecule has 1 aromatic carbocycles. The van der Waals surface area contributed by atoms with Gasteiger partial charge in [-0.3, -0.25) is 14.5 Å². The number of nitrogens with two attached hydrogens (primary N) is 1. The van der Waals surface area contributed by atoms with Crippen molar-refractivity contribution in [3.63, 3.8) is 0 Å². The number of hydrogen-bond donors (Lipinski definition) is 3. The number of carbonyl (C=O) groups is 3. The summed E-state index contributed by atoms with van der Waals surface area (Å²) in [5.41, 5.74) is 4.62. The third-order valence-corrected chi connectivity index (χ3v) is 3.01. The Balaban J connectivity index is 2.07. The Morgan fingerprint density at radius 2 is 2.10 bits per heavy atom. The predicted molar refractivity (Wildman–Crippen MR) is 73.8 cm³/mol. The summed E-state index contributed by atoms with van der Waals surface area (Å²) in [4.78, 5) is 36.2. The maximum Gasteiger partial charge on any atom is 0.325 e. The number of nitrogens with one attached hydrogen (secondary N) is 2. The van der Waals surface area contributed by atoms with Gasteiger partial charge in [0.05, 0.1) is 5.69 Å². The van der Waals surface area contributed by atoms with Gasteiger partial charge in [0.2, 0.25) is 5.91 Å². The third kappa shape index (κ3) is 2.93. The average Bonchev–Trinajstić information content (AvgIpc) is 2.56. The lowest BCUT2D eigenvalue weighted by Crippen LogP contribution is -2.41. The first-order valence-electron chi connectivity index (χ1n) is 6.20. The smallest absolute Gasteiger partial charge is 0.325 e. The van der Waals surface area contributed by atoms with Crippen LogP contribution in [-0.2, 0) is 9.59 Å². The van der Waals surface area contributed by atoms with Gasteiger partial charge in [0.25, 0.3) is 5.91 Å². The number of nitrogens with zero attached hydrogens (tertiary/aromatic N) is 1. The minimum Gasteiger partial charge on any atom is -0.399 e. The summed E-state index contributed by atoms with van der Waals surface area (Å²) in [5.74, 6) is -1.87. The molecule has 8 heteroatoms. The Morgan fingerprint density at radius 1 is 1.43 bits per heavy atom. The Bertz CT molecular complexity index is 630. The second kappa shape index (κ2) is 5.04. The Labute approximate surface area is 120 Å². The summed E-state index contributed by atoms with van der Waals surface area (Å²) in [6.45, 7) is 2.56. The molecule has 0 aromatic heterocycles. The van der Waals surface area contributed by atoms with E-state index in [9.17, 15) is 18.8 Å². The number of hydrogen-bond acceptors (Lipinski definition) is 4. The second-order valence-corrected chi connectivity index (χ2v) is 5.23. The summed E-state index contributed by atoms with van der Waals surface area (Å²) < 4.78 is 13.5. The van der Waals surface area contributed by atoms with Gasteiger partial charge in [0, 0.05) is 5.69 Å². The van der Waals surface area contributed by atoms with Crippen molar-refractivity contribution in [3.05, 3.63) is 24.0 Å². The molecule has 1 fully saturated rings. The molecule has 1 aliphatic rings. The first kappa shape index (κ1) is 14.8. The van der Waals surface area contributed by atoms with Crippen molar-refractivity contribution in [3.8, 4) is 0 Å². The zero-order valence-corrected chi connectivity index (χ0v) is 11.6. The number of benzene rings is 1. The lowest BCUT2D eigenvalue weighted by Gasteiger charge is -2.15. The van der Waals surface area contributed by atoms with E-state index in [1.807, 2.05) is 0 Å². The summed E-state index contributed by atoms with van der Waals surface area (Å²) in [5, 5.41) is 4.72. The molecular weight excluding hydrogens is 279 g/mol. The third-order valence-electron chi connectivity index (χ3n) is 3.01. The number of rotatable bonds is 3. The Hall–Kier alpha value is -2.64. The van der Waals surface area contributed by atoms with E-state index in [-0.39, 0.29) is 11.4 Å². The molecule has 112 valence electrons. The van der Waals surface area contributed by atoms with E-state index in [2.05, 4.69) is 10.6 Å². The number of amides is 4. The topological polar surface area (TPSA) is 105 Å². The van der Waals surface area contributed by atoms with Crippen LogP contribution in [-0.4, -0.2) is 34.8 Å². The molecule has 7 nitrogen and oxygen atoms in total. The summed E-state index contributed by atoms with van der Waals surface area (Å²) in [7, 11) is 0. The van der Waals surface area contributed by atoms with E-state index in [1.165, 1.54) is 26.0 Å². The molecular formula is C13H15FN4O3. The van der Waals surface area contributed by atoms with Crippen LogP contribution in [0.2, 0.25) is 0 Å². The first-order chi connectivity index (χ1) is 9.70. The van der Waals surface area contributed by atoms with Crippen LogP contribution in [0.25, 0.3) is 0 Å². The van der Waals surface area contributed by atoms with Gasteiger partial charge in [-0.1, -0.05) is 0 Å². The first-order valence-corrected chi connectivity index (χ1v) is 6.20. The van der Waals surface area contributed by atoms with Crippen LogP contribution in [0.3, 0.4) is 0 Å². The van der Waals surface area contributed by atoms with E-state index < -0.39 is 35.7 Å². The van der Waals surface area contributed by atoms with E-state index in [0.29, 0.717) is 0 Å². The van der Waals surface area contributed by atoms with E-state index >= 15 is 0 Å². The molecule has 4 N–H and O–H groups in total. The minimum absolute atomic E-state index is 0.105. The largest absolute Gasteiger partial charge is 0.399 e. The zero-order chi connectivity index (χ0) is 15.8. The SMILES string of the molecule is CC1(C)NC(=O)N(CC(=O)Nc2cc(N)ccc2F)C1=O. The van der Waals surface area contributed by atoms with Gasteiger partial charge < -0.3 is 16.4 Å². The molecule has 0 saturated carbocycles. The van der Waals surface area contributed by atoms with Gasteiger partial charge in [-0.25, -0.2) is 9.18 Å². The highest BCUT2D eigenvalue weighted by Gasteiger charge is 2.44. The maximum absolute atomic E-state index is 13.5. The molecule has 0 bridgehead atoms. The van der Waals surface area contributed by atoms with Gasteiger partial charge in [-0.2, -0.15) is 0 Å². The minimum atomic E-state index is -1.06.